The topological polar surface area (TPSA) is 172 Å². The van der Waals surface area contributed by atoms with Crippen molar-refractivity contribution in [3.8, 4) is 102 Å². The van der Waals surface area contributed by atoms with Gasteiger partial charge in [-0.3, -0.25) is 0 Å². The number of nitrogens with one attached hydrogen (secondary N) is 2. The molecule has 2 aliphatic heterocycles. The minimum absolute atomic E-state index is 0.176. The number of fused-ring (bicyclic) bond motifs is 8. The van der Waals surface area contributed by atoms with Crippen LogP contribution >= 0.6 is 0 Å². The molecular weight excluding hydrogens is 1680 g/mol. The van der Waals surface area contributed by atoms with Crippen LogP contribution in [0.25, 0.3) is 90.9 Å². The Kier molecular flexibility index (Phi) is 44.1. The molecule has 15 nitrogen and oxygen atoms in total. The molecule has 3 N–H and O–H groups in total. The number of aromatic nitrogens is 4. The zero-order chi connectivity index (χ0) is 94.9. The Bertz CT molecular complexity index is 5320. The van der Waals surface area contributed by atoms with Gasteiger partial charge in [-0.05, 0) is 208 Å². The number of hydrogen-bond donors (Lipinski definition) is 3. The van der Waals surface area contributed by atoms with Crippen LogP contribution in [0.5, 0.6) is 46.0 Å². The van der Waals surface area contributed by atoms with Gasteiger partial charge in [-0.25, -0.2) is 14.8 Å². The van der Waals surface area contributed by atoms with Crippen LogP contribution in [0.3, 0.4) is 0 Å². The van der Waals surface area contributed by atoms with Crippen LogP contribution in [-0.2, 0) is 0 Å². The maximum atomic E-state index is 12.3. The van der Waals surface area contributed by atoms with Gasteiger partial charge in [0.25, 0.3) is 0 Å². The van der Waals surface area contributed by atoms with Gasteiger partial charge in [0, 0.05) is 62.4 Å². The zero-order valence-corrected chi connectivity index (χ0v) is 83.4. The lowest BCUT2D eigenvalue weighted by Gasteiger charge is -2.27. The van der Waals surface area contributed by atoms with Gasteiger partial charge >= 0.3 is 5.97 Å². The largest absolute Gasteiger partial charge is 0.493 e. The number of ether oxygens (including phenoxy) is 8. The van der Waals surface area contributed by atoms with E-state index in [2.05, 4.69) is 252 Å². The third kappa shape index (κ3) is 30.9. The monoisotopic (exact) mass is 1840 g/mol. The highest BCUT2D eigenvalue weighted by molar-refractivity contribution is 6.02. The molecule has 0 fully saturated rings. The molecule has 10 aromatic rings. The fourth-order valence-electron chi connectivity index (χ4n) is 17.9. The van der Waals surface area contributed by atoms with E-state index in [4.69, 9.17) is 47.9 Å². The fraction of sp³-hybridized carbons (Fsp3) is 0.463. The SMILES string of the molecule is CCCCCCCCOc1cccc(OCCCCCCCC)c1-c1c2nc(c(N(c3ccc(-c4ccc(OCCCCCC)cc4OCCCCCC)cc3)c3ccc(-c4ccc(OCCCCCC)cc4OCCCCCC)cc3)c3ccc([nH]3)c(-c3c(OCCCCCCCC)cccc3OCCCCCCCC)c3nc(c(C#Cc4ccc(C(=O)O)cc4)c4ccc1[nH]4)C=C3)C=C2. The number of aromatic carboxylic acids is 1. The van der Waals surface area contributed by atoms with Crippen molar-refractivity contribution in [2.24, 2.45) is 0 Å². The summed E-state index contributed by atoms with van der Waals surface area (Å²) in [7, 11) is 0. The molecule has 0 aliphatic carbocycles. The van der Waals surface area contributed by atoms with Gasteiger partial charge in [-0.2, -0.15) is 0 Å². The van der Waals surface area contributed by atoms with Crippen molar-refractivity contribution < 1.29 is 47.8 Å². The first-order valence-electron chi connectivity index (χ1n) is 52.7. The van der Waals surface area contributed by atoms with Crippen molar-refractivity contribution in [1.29, 1.82) is 0 Å². The summed E-state index contributed by atoms with van der Waals surface area (Å²) in [5, 5.41) is 10.1. The first kappa shape index (κ1) is 103. The maximum absolute atomic E-state index is 12.3. The van der Waals surface area contributed by atoms with Crippen molar-refractivity contribution in [3.05, 3.63) is 209 Å². The van der Waals surface area contributed by atoms with Gasteiger partial charge in [-0.15, -0.1) is 0 Å². The molecule has 0 unspecified atom stereocenters. The Balaban J connectivity index is 1.17. The summed E-state index contributed by atoms with van der Waals surface area (Å²) >= 11 is 0. The molecule has 0 amide bonds. The molecule has 0 atom stereocenters. The number of nitrogens with zero attached hydrogens (tertiary/aromatic N) is 3. The predicted octanol–water partition coefficient (Wildman–Crippen LogP) is 34.7. The van der Waals surface area contributed by atoms with Crippen LogP contribution < -0.4 is 42.8 Å². The highest BCUT2D eigenvalue weighted by atomic mass is 16.5. The van der Waals surface area contributed by atoms with Gasteiger partial charge in [0.2, 0.25) is 0 Å². The standard InChI is InChI=1S/C121H155N5O10/c1-9-17-25-33-37-45-83-131-110-51-49-52-111(132-84-46-38-34-26-18-10-2)118(110)116-104-75-73-102(122-104)101(70-57-91-55-58-94(59-56-91)121(127)128)103-74-76-105(123-103)117(119-112(133-85-47-39-35-27-19-11-3)53-50-54-113(119)134-86-48-40-36-28-20-12-4)107-78-80-109(125-107)120(108-79-77-106(116)124-108)126(95-64-60-92(61-65-95)99-71-68-97(129-81-41-29-21-13-5)89-114(99)135-87-43-31-23-15-7)96-66-62-93(63-67-96)100-72-69-98(130-82-42-30-22-14-6)90-115(100)136-88-44-32-24-16-8/h49-56,58-69,71-80,89-90,122,125H,9-48,81-88H2,1-8H3,(H,127,128). The van der Waals surface area contributed by atoms with E-state index in [1.165, 1.54) is 89.9 Å². The molecule has 8 bridgehead atoms. The van der Waals surface area contributed by atoms with Crippen molar-refractivity contribution in [2.45, 2.75) is 312 Å². The van der Waals surface area contributed by atoms with Crippen LogP contribution in [0.4, 0.5) is 17.1 Å². The molecule has 0 saturated carbocycles. The number of carboxylic acids is 1. The van der Waals surface area contributed by atoms with Gasteiger partial charge < -0.3 is 57.9 Å². The van der Waals surface area contributed by atoms with Crippen molar-refractivity contribution >= 4 is 69.4 Å². The Hall–Kier alpha value is -11.6. The van der Waals surface area contributed by atoms with E-state index in [9.17, 15) is 9.90 Å². The van der Waals surface area contributed by atoms with Gasteiger partial charge in [0.15, 0.2) is 0 Å². The molecule has 724 valence electrons. The molecule has 5 heterocycles. The predicted molar refractivity (Wildman–Crippen MR) is 569 cm³/mol. The van der Waals surface area contributed by atoms with E-state index in [-0.39, 0.29) is 5.56 Å². The first-order valence-corrected chi connectivity index (χ1v) is 52.7. The Morgan fingerprint density at radius 2 is 0.603 bits per heavy atom. The number of hydrogen-bond acceptors (Lipinski definition) is 12. The van der Waals surface area contributed by atoms with E-state index in [1.807, 2.05) is 0 Å². The lowest BCUT2D eigenvalue weighted by atomic mass is 10.0. The number of rotatable bonds is 64. The summed E-state index contributed by atoms with van der Waals surface area (Å²) < 4.78 is 55.5. The second kappa shape index (κ2) is 58.1. The average molecular weight is 1840 g/mol. The second-order valence-electron chi connectivity index (χ2n) is 36.7. The van der Waals surface area contributed by atoms with Crippen LogP contribution in [0.15, 0.2) is 170 Å². The molecule has 0 radical (unpaired) electrons. The van der Waals surface area contributed by atoms with Crippen LogP contribution in [0.1, 0.15) is 356 Å². The summed E-state index contributed by atoms with van der Waals surface area (Å²) in [5.41, 5.74) is 16.6. The average Bonchev–Trinajstić information content (AvgIpc) is 1.57. The van der Waals surface area contributed by atoms with Crippen LogP contribution in [0.2, 0.25) is 0 Å². The van der Waals surface area contributed by atoms with Crippen molar-refractivity contribution in [2.75, 3.05) is 57.8 Å². The maximum Gasteiger partial charge on any atom is 0.335 e. The van der Waals surface area contributed by atoms with E-state index in [0.717, 1.165) is 268 Å². The number of unbranched alkanes of at least 4 members (excludes halogenated alkanes) is 32. The molecule has 0 spiro atoms. The number of carboxylic acid groups (broad SMARTS) is 1. The molecule has 0 saturated heterocycles. The lowest BCUT2D eigenvalue weighted by molar-refractivity contribution is 0.0696. The van der Waals surface area contributed by atoms with E-state index in [1.54, 1.807) is 24.3 Å². The van der Waals surface area contributed by atoms with Crippen LogP contribution in [0, 0.1) is 11.8 Å². The van der Waals surface area contributed by atoms with Gasteiger partial charge in [-0.1, -0.05) is 309 Å². The highest BCUT2D eigenvalue weighted by Gasteiger charge is 2.29. The Morgan fingerprint density at radius 1 is 0.294 bits per heavy atom. The van der Waals surface area contributed by atoms with E-state index in [0.29, 0.717) is 115 Å². The number of H-pyrrole nitrogens is 2. The van der Waals surface area contributed by atoms with E-state index < -0.39 is 5.97 Å². The number of aromatic amines is 2. The lowest BCUT2D eigenvalue weighted by Crippen LogP contribution is -2.12. The van der Waals surface area contributed by atoms with Crippen LogP contribution in [-0.4, -0.2) is 83.9 Å². The minimum atomic E-state index is -1.01. The third-order valence-corrected chi connectivity index (χ3v) is 25.7. The molecule has 12 rings (SSSR count). The van der Waals surface area contributed by atoms with Gasteiger partial charge in [0.05, 0.1) is 115 Å². The Labute approximate surface area is 813 Å². The molecule has 3 aromatic heterocycles. The molecule has 136 heavy (non-hydrogen) atoms. The van der Waals surface area contributed by atoms with Crippen molar-refractivity contribution in [3.63, 3.8) is 0 Å². The van der Waals surface area contributed by atoms with Crippen molar-refractivity contribution in [1.82, 2.24) is 19.9 Å². The minimum Gasteiger partial charge on any atom is -0.493 e. The summed E-state index contributed by atoms with van der Waals surface area (Å²) in [6.07, 6.45) is 52.7. The number of benzene rings is 7. The fourth-order valence-corrected chi connectivity index (χ4v) is 17.9. The normalized spacial score (nSPS) is 11.6. The highest BCUT2D eigenvalue weighted by Crippen LogP contribution is 2.50. The smallest absolute Gasteiger partial charge is 0.335 e. The quantitative estimate of drug-likeness (QED) is 0.0243. The summed E-state index contributed by atoms with van der Waals surface area (Å²) in [4.78, 5) is 34.8. The van der Waals surface area contributed by atoms with E-state index >= 15 is 0 Å². The molecule has 2 aliphatic rings. The summed E-state index contributed by atoms with van der Waals surface area (Å²) in [5.74, 6) is 12.0. The van der Waals surface area contributed by atoms with Gasteiger partial charge in [0.1, 0.15) is 46.0 Å². The number of anilines is 3. The third-order valence-electron chi connectivity index (χ3n) is 25.7. The Morgan fingerprint density at radius 3 is 0.978 bits per heavy atom. The first-order chi connectivity index (χ1) is 67.1. The number of carbonyl (C=O) groups is 1. The zero-order valence-electron chi connectivity index (χ0n) is 83.4. The second-order valence-corrected chi connectivity index (χ2v) is 36.7. The molecule has 7 aromatic carbocycles. The summed E-state index contributed by atoms with van der Waals surface area (Å²) in [6, 6.07) is 58.4. The molecule has 15 heteroatoms. The summed E-state index contributed by atoms with van der Waals surface area (Å²) in [6.45, 7) is 22.5. The molecular formula is C121H155N5O10.